The zero-order valence-corrected chi connectivity index (χ0v) is 11.5. The molecule has 2 atom stereocenters. The third-order valence-electron chi connectivity index (χ3n) is 3.21. The van der Waals surface area contributed by atoms with Crippen molar-refractivity contribution in [3.05, 3.63) is 23.5 Å². The van der Waals surface area contributed by atoms with Crippen LogP contribution in [0.15, 0.2) is 23.2 Å². The van der Waals surface area contributed by atoms with Crippen LogP contribution >= 0.6 is 11.6 Å². The van der Waals surface area contributed by atoms with E-state index in [2.05, 4.69) is 4.98 Å². The maximum Gasteiger partial charge on any atom is 0.244 e. The van der Waals surface area contributed by atoms with Crippen LogP contribution < -0.4 is 0 Å². The van der Waals surface area contributed by atoms with Gasteiger partial charge in [0, 0.05) is 19.3 Å². The second-order valence-electron chi connectivity index (χ2n) is 4.47. The highest BCUT2D eigenvalue weighted by Gasteiger charge is 2.34. The predicted octanol–water partition coefficient (Wildman–Crippen LogP) is 1.13. The normalized spacial score (nSPS) is 23.2. The van der Waals surface area contributed by atoms with Gasteiger partial charge in [0.15, 0.2) is 0 Å². The van der Waals surface area contributed by atoms with Crippen molar-refractivity contribution >= 4 is 21.6 Å². The zero-order valence-electron chi connectivity index (χ0n) is 9.95. The van der Waals surface area contributed by atoms with Crippen molar-refractivity contribution in [3.63, 3.8) is 0 Å². The van der Waals surface area contributed by atoms with Gasteiger partial charge in [-0.15, -0.1) is 0 Å². The Labute approximate surface area is 111 Å². The Bertz CT molecular complexity index is 516. The highest BCUT2D eigenvalue weighted by atomic mass is 35.5. The molecular weight excluding hydrogens is 276 g/mol. The van der Waals surface area contributed by atoms with Crippen molar-refractivity contribution in [1.29, 1.82) is 0 Å². The summed E-state index contributed by atoms with van der Waals surface area (Å²) in [5.41, 5.74) is 0. The summed E-state index contributed by atoms with van der Waals surface area (Å²) in [4.78, 5) is 3.92. The monoisotopic (exact) mass is 290 g/mol. The molecule has 2 unspecified atom stereocenters. The van der Waals surface area contributed by atoms with Gasteiger partial charge in [0.05, 0.1) is 6.10 Å². The van der Waals surface area contributed by atoms with Gasteiger partial charge in [-0.1, -0.05) is 11.6 Å². The van der Waals surface area contributed by atoms with Crippen LogP contribution in [0, 0.1) is 5.92 Å². The van der Waals surface area contributed by atoms with E-state index in [1.807, 2.05) is 0 Å². The fourth-order valence-corrected chi connectivity index (χ4v) is 3.60. The summed E-state index contributed by atoms with van der Waals surface area (Å²) in [6.45, 7) is 2.47. The molecule has 0 amide bonds. The van der Waals surface area contributed by atoms with Gasteiger partial charge in [-0.25, -0.2) is 13.4 Å². The number of nitrogens with zero attached hydrogens (tertiary/aromatic N) is 2. The second-order valence-corrected chi connectivity index (χ2v) is 6.79. The smallest absolute Gasteiger partial charge is 0.244 e. The number of sulfonamides is 1. The van der Waals surface area contributed by atoms with Gasteiger partial charge in [-0.3, -0.25) is 0 Å². The second kappa shape index (κ2) is 5.13. The van der Waals surface area contributed by atoms with E-state index in [0.29, 0.717) is 19.5 Å². The summed E-state index contributed by atoms with van der Waals surface area (Å²) in [6.07, 6.45) is 1.44. The molecule has 1 aromatic rings. The Morgan fingerprint density at radius 2 is 2.28 bits per heavy atom. The number of aliphatic hydroxyl groups excluding tert-OH is 1. The predicted molar refractivity (Wildman–Crippen MR) is 67.8 cm³/mol. The lowest BCUT2D eigenvalue weighted by Gasteiger charge is -2.17. The van der Waals surface area contributed by atoms with Crippen molar-refractivity contribution in [1.82, 2.24) is 9.29 Å². The molecule has 0 aliphatic carbocycles. The molecule has 1 aromatic heterocycles. The molecule has 0 saturated carbocycles. The molecule has 1 aliphatic rings. The van der Waals surface area contributed by atoms with Crippen molar-refractivity contribution in [3.8, 4) is 0 Å². The molecule has 2 rings (SSSR count). The minimum Gasteiger partial charge on any atom is -0.393 e. The first-order chi connectivity index (χ1) is 8.41. The van der Waals surface area contributed by atoms with Crippen LogP contribution in [0.1, 0.15) is 13.3 Å². The average Bonchev–Trinajstić information content (AvgIpc) is 2.79. The maximum atomic E-state index is 12.3. The van der Waals surface area contributed by atoms with E-state index < -0.39 is 16.1 Å². The lowest BCUT2D eigenvalue weighted by molar-refractivity contribution is 0.133. The van der Waals surface area contributed by atoms with Crippen LogP contribution in [0.2, 0.25) is 5.15 Å². The fourth-order valence-electron chi connectivity index (χ4n) is 2.03. The summed E-state index contributed by atoms with van der Waals surface area (Å²) in [5.74, 6) is 0.0000318. The molecule has 1 fully saturated rings. The molecule has 100 valence electrons. The fraction of sp³-hybridized carbons (Fsp3) is 0.545. The molecular formula is C11H15ClN2O3S. The topological polar surface area (TPSA) is 70.5 Å². The van der Waals surface area contributed by atoms with Crippen molar-refractivity contribution in [2.45, 2.75) is 24.3 Å². The summed E-state index contributed by atoms with van der Waals surface area (Å²) < 4.78 is 25.9. The number of aromatic nitrogens is 1. The maximum absolute atomic E-state index is 12.3. The minimum atomic E-state index is -3.52. The van der Waals surface area contributed by atoms with E-state index in [1.165, 1.54) is 22.6 Å². The summed E-state index contributed by atoms with van der Waals surface area (Å²) in [7, 11) is -3.52. The van der Waals surface area contributed by atoms with E-state index in [1.54, 1.807) is 6.92 Å². The molecule has 1 N–H and O–H groups in total. The third kappa shape index (κ3) is 2.66. The summed E-state index contributed by atoms with van der Waals surface area (Å²) in [5, 5.41) is 9.75. The lowest BCUT2D eigenvalue weighted by Crippen LogP contribution is -2.30. The Morgan fingerprint density at radius 1 is 1.56 bits per heavy atom. The quantitative estimate of drug-likeness (QED) is 0.847. The Morgan fingerprint density at radius 3 is 2.78 bits per heavy atom. The third-order valence-corrected chi connectivity index (χ3v) is 5.28. The van der Waals surface area contributed by atoms with Gasteiger partial charge in [-0.05, 0) is 31.4 Å². The van der Waals surface area contributed by atoms with Gasteiger partial charge in [0.25, 0.3) is 0 Å². The summed E-state index contributed by atoms with van der Waals surface area (Å²) >= 11 is 5.63. The number of aliphatic hydroxyl groups is 1. The Hall–Kier alpha value is -0.690. The van der Waals surface area contributed by atoms with E-state index in [0.717, 1.165) is 0 Å². The molecule has 1 saturated heterocycles. The van der Waals surface area contributed by atoms with Gasteiger partial charge < -0.3 is 5.11 Å². The van der Waals surface area contributed by atoms with Crippen LogP contribution in [-0.2, 0) is 10.0 Å². The van der Waals surface area contributed by atoms with E-state index in [4.69, 9.17) is 11.6 Å². The minimum absolute atomic E-state index is 0.0000318. The SMILES string of the molecule is CC(O)C1CCN(S(=O)(=O)c2ccc(Cl)nc2)C1. The molecule has 7 heteroatoms. The van der Waals surface area contributed by atoms with E-state index in [9.17, 15) is 13.5 Å². The first-order valence-corrected chi connectivity index (χ1v) is 7.53. The Balaban J connectivity index is 2.20. The molecule has 5 nitrogen and oxygen atoms in total. The number of pyridine rings is 1. The van der Waals surface area contributed by atoms with Crippen molar-refractivity contribution < 1.29 is 13.5 Å². The molecule has 0 radical (unpaired) electrons. The number of hydrogen-bond donors (Lipinski definition) is 1. The largest absolute Gasteiger partial charge is 0.393 e. The van der Waals surface area contributed by atoms with Crippen LogP contribution in [0.3, 0.4) is 0 Å². The van der Waals surface area contributed by atoms with E-state index in [-0.39, 0.29) is 16.0 Å². The van der Waals surface area contributed by atoms with Gasteiger partial charge >= 0.3 is 0 Å². The number of hydrogen-bond acceptors (Lipinski definition) is 4. The molecule has 0 aromatic carbocycles. The van der Waals surface area contributed by atoms with Crippen LogP contribution in [0.25, 0.3) is 0 Å². The molecule has 18 heavy (non-hydrogen) atoms. The van der Waals surface area contributed by atoms with E-state index >= 15 is 0 Å². The van der Waals surface area contributed by atoms with Gasteiger partial charge in [0.2, 0.25) is 10.0 Å². The Kier molecular flexibility index (Phi) is 3.91. The highest BCUT2D eigenvalue weighted by Crippen LogP contribution is 2.26. The lowest BCUT2D eigenvalue weighted by atomic mass is 10.0. The van der Waals surface area contributed by atoms with Gasteiger partial charge in [-0.2, -0.15) is 4.31 Å². The first kappa shape index (κ1) is 13.7. The molecule has 2 heterocycles. The summed E-state index contributed by atoms with van der Waals surface area (Å²) in [6, 6.07) is 2.90. The van der Waals surface area contributed by atoms with Crippen LogP contribution in [0.4, 0.5) is 0 Å². The molecule has 1 aliphatic heterocycles. The van der Waals surface area contributed by atoms with Crippen molar-refractivity contribution in [2.75, 3.05) is 13.1 Å². The van der Waals surface area contributed by atoms with Crippen LogP contribution in [0.5, 0.6) is 0 Å². The number of rotatable bonds is 3. The van der Waals surface area contributed by atoms with Crippen molar-refractivity contribution in [2.24, 2.45) is 5.92 Å². The highest BCUT2D eigenvalue weighted by molar-refractivity contribution is 7.89. The average molecular weight is 291 g/mol. The zero-order chi connectivity index (χ0) is 13.3. The molecule has 0 spiro atoms. The molecule has 0 bridgehead atoms. The van der Waals surface area contributed by atoms with Gasteiger partial charge in [0.1, 0.15) is 10.0 Å². The standard InChI is InChI=1S/C11H15ClN2O3S/c1-8(15)9-4-5-14(7-9)18(16,17)10-2-3-11(12)13-6-10/h2-3,6,8-9,15H,4-5,7H2,1H3. The number of halogens is 1. The first-order valence-electron chi connectivity index (χ1n) is 5.71. The van der Waals surface area contributed by atoms with Crippen LogP contribution in [-0.4, -0.2) is 42.0 Å².